The van der Waals surface area contributed by atoms with Crippen LogP contribution in [0.2, 0.25) is 0 Å². The maximum Gasteiger partial charge on any atom is 0.410 e. The molecule has 1 saturated heterocycles. The van der Waals surface area contributed by atoms with Crippen LogP contribution in [-0.4, -0.2) is 29.2 Å². The highest BCUT2D eigenvalue weighted by molar-refractivity contribution is 5.70. The number of hydrogen-bond donors (Lipinski definition) is 1. The van der Waals surface area contributed by atoms with E-state index in [4.69, 9.17) is 9.84 Å². The Morgan fingerprint density at radius 3 is 2.81 bits per heavy atom. The molecule has 1 aromatic carbocycles. The lowest BCUT2D eigenvalue weighted by atomic mass is 10.0. The van der Waals surface area contributed by atoms with Gasteiger partial charge in [-0.15, -0.1) is 0 Å². The summed E-state index contributed by atoms with van der Waals surface area (Å²) >= 11 is 0. The van der Waals surface area contributed by atoms with Crippen molar-refractivity contribution in [3.8, 4) is 0 Å². The van der Waals surface area contributed by atoms with Gasteiger partial charge in [0, 0.05) is 7.05 Å². The summed E-state index contributed by atoms with van der Waals surface area (Å²) in [7, 11) is 1.73. The van der Waals surface area contributed by atoms with Gasteiger partial charge in [0.2, 0.25) is 0 Å². The molecule has 1 amide bonds. The molecule has 1 fully saturated rings. The Hall–Kier alpha value is -1.55. The Bertz CT molecular complexity index is 405. The first-order valence-electron chi connectivity index (χ1n) is 5.26. The lowest BCUT2D eigenvalue weighted by Gasteiger charge is -2.17. The fraction of sp³-hybridized carbons (Fsp3) is 0.417. The Balaban J connectivity index is 2.27. The minimum atomic E-state index is -0.299. The normalized spacial score (nSPS) is 24.7. The van der Waals surface area contributed by atoms with Crippen LogP contribution in [0.15, 0.2) is 24.3 Å². The minimum absolute atomic E-state index is 0.00126. The van der Waals surface area contributed by atoms with Crippen LogP contribution in [0.3, 0.4) is 0 Å². The fourth-order valence-corrected chi connectivity index (χ4v) is 1.87. The van der Waals surface area contributed by atoms with Crippen molar-refractivity contribution >= 4 is 6.09 Å². The van der Waals surface area contributed by atoms with Gasteiger partial charge in [-0.25, -0.2) is 4.79 Å². The molecule has 86 valence electrons. The fourth-order valence-electron chi connectivity index (χ4n) is 1.87. The number of ether oxygens (including phenoxy) is 1. The molecular weight excluding hydrogens is 206 g/mol. The van der Waals surface area contributed by atoms with Gasteiger partial charge in [0.25, 0.3) is 0 Å². The number of hydrogen-bond acceptors (Lipinski definition) is 3. The van der Waals surface area contributed by atoms with Gasteiger partial charge in [0.05, 0.1) is 12.6 Å². The summed E-state index contributed by atoms with van der Waals surface area (Å²) in [5.41, 5.74) is 1.76. The molecule has 0 aromatic heterocycles. The Morgan fingerprint density at radius 1 is 1.50 bits per heavy atom. The van der Waals surface area contributed by atoms with E-state index in [1.165, 1.54) is 0 Å². The van der Waals surface area contributed by atoms with Crippen molar-refractivity contribution in [2.24, 2.45) is 0 Å². The number of aliphatic hydroxyl groups excluding tert-OH is 1. The second kappa shape index (κ2) is 4.14. The van der Waals surface area contributed by atoms with Crippen LogP contribution < -0.4 is 0 Å². The number of rotatable bonds is 2. The molecule has 0 saturated carbocycles. The van der Waals surface area contributed by atoms with E-state index in [1.807, 2.05) is 31.2 Å². The third-order valence-electron chi connectivity index (χ3n) is 3.03. The van der Waals surface area contributed by atoms with Gasteiger partial charge in [0.15, 0.2) is 0 Å². The average molecular weight is 221 g/mol. The zero-order valence-corrected chi connectivity index (χ0v) is 9.38. The Kier molecular flexibility index (Phi) is 2.83. The second-order valence-corrected chi connectivity index (χ2v) is 4.06. The second-order valence-electron chi connectivity index (χ2n) is 4.06. The lowest BCUT2D eigenvalue weighted by molar-refractivity contribution is 0.131. The summed E-state index contributed by atoms with van der Waals surface area (Å²) in [4.78, 5) is 13.0. The highest BCUT2D eigenvalue weighted by atomic mass is 16.6. The zero-order valence-electron chi connectivity index (χ0n) is 9.38. The van der Waals surface area contributed by atoms with Crippen molar-refractivity contribution < 1.29 is 14.6 Å². The number of carbonyl (C=O) groups excluding carboxylic acids is 1. The van der Waals surface area contributed by atoms with E-state index >= 15 is 0 Å². The van der Waals surface area contributed by atoms with Crippen molar-refractivity contribution in [2.45, 2.75) is 25.7 Å². The quantitative estimate of drug-likeness (QED) is 0.826. The third kappa shape index (κ3) is 1.76. The van der Waals surface area contributed by atoms with Crippen LogP contribution in [0.5, 0.6) is 0 Å². The smallest absolute Gasteiger partial charge is 0.410 e. The van der Waals surface area contributed by atoms with Crippen molar-refractivity contribution in [2.75, 3.05) is 7.05 Å². The van der Waals surface area contributed by atoms with Crippen LogP contribution in [0.25, 0.3) is 0 Å². The molecule has 2 rings (SSSR count). The molecule has 4 nitrogen and oxygen atoms in total. The van der Waals surface area contributed by atoms with Gasteiger partial charge < -0.3 is 14.7 Å². The first kappa shape index (κ1) is 11.0. The molecule has 4 heteroatoms. The summed E-state index contributed by atoms with van der Waals surface area (Å²) in [6.45, 7) is 1.94. The van der Waals surface area contributed by atoms with E-state index in [0.29, 0.717) is 0 Å². The maximum absolute atomic E-state index is 11.4. The number of benzene rings is 1. The monoisotopic (exact) mass is 221 g/mol. The molecule has 0 radical (unpaired) electrons. The zero-order chi connectivity index (χ0) is 11.7. The van der Waals surface area contributed by atoms with Gasteiger partial charge in [-0.3, -0.25) is 0 Å². The van der Waals surface area contributed by atoms with E-state index < -0.39 is 0 Å². The number of nitrogens with zero attached hydrogens (tertiary/aromatic N) is 1. The highest BCUT2D eigenvalue weighted by Gasteiger charge is 2.37. The molecule has 0 unspecified atom stereocenters. The van der Waals surface area contributed by atoms with E-state index in [-0.39, 0.29) is 24.8 Å². The molecule has 2 atom stereocenters. The largest absolute Gasteiger partial charge is 0.439 e. The summed E-state index contributed by atoms with van der Waals surface area (Å²) in [5, 5.41) is 9.06. The number of carbonyl (C=O) groups is 1. The summed E-state index contributed by atoms with van der Waals surface area (Å²) in [5.74, 6) is 0. The number of amides is 1. The van der Waals surface area contributed by atoms with Crippen LogP contribution in [0, 0.1) is 0 Å². The molecule has 1 aromatic rings. The van der Waals surface area contributed by atoms with Crippen LogP contribution in [0.1, 0.15) is 24.2 Å². The summed E-state index contributed by atoms with van der Waals surface area (Å²) in [6, 6.07) is 7.50. The van der Waals surface area contributed by atoms with Crippen molar-refractivity contribution in [3.05, 3.63) is 35.4 Å². The van der Waals surface area contributed by atoms with Crippen LogP contribution >= 0.6 is 0 Å². The van der Waals surface area contributed by atoms with E-state index in [0.717, 1.165) is 11.1 Å². The van der Waals surface area contributed by atoms with Crippen molar-refractivity contribution in [3.63, 3.8) is 0 Å². The predicted molar refractivity (Wildman–Crippen MR) is 58.8 cm³/mol. The van der Waals surface area contributed by atoms with Crippen molar-refractivity contribution in [1.29, 1.82) is 0 Å². The SMILES string of the molecule is C[C@H]1[C@@H](c2cccc(CO)c2)OC(=O)N1C. The number of cyclic esters (lactones) is 1. The topological polar surface area (TPSA) is 49.8 Å². The van der Waals surface area contributed by atoms with Crippen LogP contribution in [-0.2, 0) is 11.3 Å². The van der Waals surface area contributed by atoms with Gasteiger partial charge in [-0.1, -0.05) is 18.2 Å². The van der Waals surface area contributed by atoms with Gasteiger partial charge >= 0.3 is 6.09 Å². The maximum atomic E-state index is 11.4. The standard InChI is InChI=1S/C12H15NO3/c1-8-11(16-12(15)13(8)2)10-5-3-4-9(6-10)7-14/h3-6,8,11,14H,7H2,1-2H3/t8-,11-/m0/s1. The molecule has 0 bridgehead atoms. The average Bonchev–Trinajstić information content (AvgIpc) is 2.57. The molecule has 1 N–H and O–H groups in total. The molecule has 16 heavy (non-hydrogen) atoms. The highest BCUT2D eigenvalue weighted by Crippen LogP contribution is 2.31. The third-order valence-corrected chi connectivity index (χ3v) is 3.03. The first-order chi connectivity index (χ1) is 7.63. The van der Waals surface area contributed by atoms with E-state index in [2.05, 4.69) is 0 Å². The Labute approximate surface area is 94.4 Å². The minimum Gasteiger partial charge on any atom is -0.439 e. The Morgan fingerprint density at radius 2 is 2.25 bits per heavy atom. The van der Waals surface area contributed by atoms with Crippen molar-refractivity contribution in [1.82, 2.24) is 4.90 Å². The number of likely N-dealkylation sites (N-methyl/N-ethyl adjacent to an activating group) is 1. The first-order valence-corrected chi connectivity index (χ1v) is 5.26. The molecule has 1 heterocycles. The van der Waals surface area contributed by atoms with Gasteiger partial charge in [-0.2, -0.15) is 0 Å². The summed E-state index contributed by atoms with van der Waals surface area (Å²) in [6.07, 6.45) is -0.545. The molecule has 1 aliphatic heterocycles. The number of aliphatic hydroxyl groups is 1. The molecule has 1 aliphatic rings. The predicted octanol–water partition coefficient (Wildman–Crippen LogP) is 1.69. The van der Waals surface area contributed by atoms with Gasteiger partial charge in [0.1, 0.15) is 6.10 Å². The lowest BCUT2D eigenvalue weighted by Crippen LogP contribution is -2.27. The van der Waals surface area contributed by atoms with E-state index in [1.54, 1.807) is 11.9 Å². The van der Waals surface area contributed by atoms with Gasteiger partial charge in [-0.05, 0) is 24.1 Å². The summed E-state index contributed by atoms with van der Waals surface area (Å²) < 4.78 is 5.28. The van der Waals surface area contributed by atoms with Crippen LogP contribution in [0.4, 0.5) is 4.79 Å². The molecule has 0 spiro atoms. The molecular formula is C12H15NO3. The molecule has 0 aliphatic carbocycles. The van der Waals surface area contributed by atoms with E-state index in [9.17, 15) is 4.79 Å².